The molecule has 0 aliphatic carbocycles. The normalized spacial score (nSPS) is 10.2. The number of carbonyl (C=O) groups excluding carboxylic acids is 2. The lowest BCUT2D eigenvalue weighted by atomic mass is 10.1. The van der Waals surface area contributed by atoms with Gasteiger partial charge in [0.25, 0.3) is 11.5 Å². The zero-order chi connectivity index (χ0) is 19.4. The van der Waals surface area contributed by atoms with E-state index in [4.69, 9.17) is 18.6 Å². The highest BCUT2D eigenvalue weighted by molar-refractivity contribution is 7.71. The SMILES string of the molecule is C#Cc1cccc(NC(=O)CNC(=O)c2ccc3c(=O)[nH]c(=S)[nH]c3c2)c1. The van der Waals surface area contributed by atoms with E-state index in [1.54, 1.807) is 24.3 Å². The Bertz CT molecular complexity index is 1200. The van der Waals surface area contributed by atoms with Crippen molar-refractivity contribution in [2.45, 2.75) is 0 Å². The van der Waals surface area contributed by atoms with Gasteiger partial charge in [0.05, 0.1) is 17.4 Å². The van der Waals surface area contributed by atoms with Gasteiger partial charge in [0.1, 0.15) is 0 Å². The van der Waals surface area contributed by atoms with E-state index in [1.807, 2.05) is 0 Å². The molecule has 2 amide bonds. The molecule has 3 aromatic rings. The van der Waals surface area contributed by atoms with Crippen LogP contribution in [0.3, 0.4) is 0 Å². The number of anilines is 1. The summed E-state index contributed by atoms with van der Waals surface area (Å²) >= 11 is 4.92. The summed E-state index contributed by atoms with van der Waals surface area (Å²) < 4.78 is 0.165. The van der Waals surface area contributed by atoms with Crippen LogP contribution in [0.15, 0.2) is 47.3 Å². The van der Waals surface area contributed by atoms with E-state index in [-0.39, 0.29) is 16.9 Å². The van der Waals surface area contributed by atoms with E-state index in [0.717, 1.165) is 0 Å². The number of nitrogens with one attached hydrogen (secondary N) is 4. The van der Waals surface area contributed by atoms with Crippen LogP contribution in [0, 0.1) is 17.1 Å². The second-order valence-electron chi connectivity index (χ2n) is 5.62. The van der Waals surface area contributed by atoms with Crippen LogP contribution >= 0.6 is 12.2 Å². The minimum Gasteiger partial charge on any atom is -0.343 e. The Balaban J connectivity index is 1.67. The first-order valence-electron chi connectivity index (χ1n) is 7.87. The van der Waals surface area contributed by atoms with Gasteiger partial charge in [-0.2, -0.15) is 0 Å². The number of hydrogen-bond donors (Lipinski definition) is 4. The average molecular weight is 378 g/mol. The maximum atomic E-state index is 12.3. The second kappa shape index (κ2) is 7.68. The smallest absolute Gasteiger partial charge is 0.259 e. The fraction of sp³-hybridized carbons (Fsp3) is 0.0526. The predicted octanol–water partition coefficient (Wildman–Crippen LogP) is 1.94. The summed E-state index contributed by atoms with van der Waals surface area (Å²) in [5.74, 6) is 1.63. The van der Waals surface area contributed by atoms with Crippen LogP contribution in [-0.2, 0) is 4.79 Å². The Morgan fingerprint density at radius 3 is 2.74 bits per heavy atom. The van der Waals surface area contributed by atoms with E-state index < -0.39 is 11.8 Å². The molecule has 0 radical (unpaired) electrons. The molecule has 0 unspecified atom stereocenters. The minimum atomic E-state index is -0.455. The van der Waals surface area contributed by atoms with Gasteiger partial charge < -0.3 is 15.6 Å². The highest BCUT2D eigenvalue weighted by Crippen LogP contribution is 2.11. The monoisotopic (exact) mass is 378 g/mol. The van der Waals surface area contributed by atoms with E-state index >= 15 is 0 Å². The van der Waals surface area contributed by atoms with Crippen LogP contribution < -0.4 is 16.2 Å². The van der Waals surface area contributed by atoms with Crippen molar-refractivity contribution in [3.8, 4) is 12.3 Å². The number of rotatable bonds is 4. The van der Waals surface area contributed by atoms with Crippen molar-refractivity contribution < 1.29 is 9.59 Å². The summed E-state index contributed by atoms with van der Waals surface area (Å²) in [5, 5.41) is 5.56. The van der Waals surface area contributed by atoms with Crippen LogP contribution in [0.2, 0.25) is 0 Å². The number of carbonyl (C=O) groups is 2. The van der Waals surface area contributed by atoms with Gasteiger partial charge in [-0.3, -0.25) is 19.4 Å². The fourth-order valence-electron chi connectivity index (χ4n) is 2.47. The van der Waals surface area contributed by atoms with Crippen LogP contribution in [0.4, 0.5) is 5.69 Å². The lowest BCUT2D eigenvalue weighted by Gasteiger charge is -2.08. The molecule has 0 atom stereocenters. The number of aromatic amines is 2. The molecule has 2 aromatic carbocycles. The molecule has 8 heteroatoms. The van der Waals surface area contributed by atoms with Gasteiger partial charge in [-0.15, -0.1) is 6.42 Å². The molecule has 27 heavy (non-hydrogen) atoms. The van der Waals surface area contributed by atoms with Crippen molar-refractivity contribution in [3.63, 3.8) is 0 Å². The van der Waals surface area contributed by atoms with Crippen LogP contribution in [0.25, 0.3) is 10.9 Å². The number of aromatic nitrogens is 2. The molecule has 1 heterocycles. The summed E-state index contributed by atoms with van der Waals surface area (Å²) in [4.78, 5) is 41.4. The number of amides is 2. The third kappa shape index (κ3) is 4.29. The van der Waals surface area contributed by atoms with Crippen molar-refractivity contribution in [1.29, 1.82) is 0 Å². The predicted molar refractivity (Wildman–Crippen MR) is 105 cm³/mol. The molecule has 0 aliphatic heterocycles. The van der Waals surface area contributed by atoms with Crippen molar-refractivity contribution in [1.82, 2.24) is 15.3 Å². The number of fused-ring (bicyclic) bond motifs is 1. The maximum absolute atomic E-state index is 12.3. The lowest BCUT2D eigenvalue weighted by molar-refractivity contribution is -0.115. The third-order valence-corrected chi connectivity index (χ3v) is 3.93. The van der Waals surface area contributed by atoms with Crippen molar-refractivity contribution in [2.75, 3.05) is 11.9 Å². The van der Waals surface area contributed by atoms with Crippen LogP contribution in [0.1, 0.15) is 15.9 Å². The summed E-state index contributed by atoms with van der Waals surface area (Å²) in [7, 11) is 0. The molecule has 0 aliphatic rings. The molecule has 0 saturated heterocycles. The molecular weight excluding hydrogens is 364 g/mol. The summed E-state index contributed by atoms with van der Waals surface area (Å²) in [5.41, 5.74) is 1.57. The van der Waals surface area contributed by atoms with Crippen molar-refractivity contribution in [3.05, 3.63) is 68.7 Å². The highest BCUT2D eigenvalue weighted by atomic mass is 32.1. The summed E-state index contributed by atoms with van der Waals surface area (Å²) in [6, 6.07) is 11.3. The van der Waals surface area contributed by atoms with Gasteiger partial charge in [0, 0.05) is 16.8 Å². The number of terminal acetylenes is 1. The molecule has 0 saturated carbocycles. The minimum absolute atomic E-state index is 0.165. The van der Waals surface area contributed by atoms with Crippen LogP contribution in [0.5, 0.6) is 0 Å². The largest absolute Gasteiger partial charge is 0.343 e. The molecule has 0 spiro atoms. The topological polar surface area (TPSA) is 107 Å². The van der Waals surface area contributed by atoms with Crippen molar-refractivity contribution >= 4 is 40.6 Å². The van der Waals surface area contributed by atoms with Gasteiger partial charge in [0.15, 0.2) is 4.77 Å². The molecular formula is C19H14N4O3S. The quantitative estimate of drug-likeness (QED) is 0.411. The maximum Gasteiger partial charge on any atom is 0.259 e. The van der Waals surface area contributed by atoms with Gasteiger partial charge in [0.2, 0.25) is 5.91 Å². The Morgan fingerprint density at radius 2 is 1.96 bits per heavy atom. The number of H-pyrrole nitrogens is 2. The third-order valence-electron chi connectivity index (χ3n) is 3.72. The standard InChI is InChI=1S/C19H14N4O3S/c1-2-11-4-3-5-13(8-11)21-16(24)10-20-17(25)12-6-7-14-15(9-12)22-19(27)23-18(14)26/h1,3-9H,10H2,(H,20,25)(H,21,24)(H2,22,23,26,27). The Morgan fingerprint density at radius 1 is 1.15 bits per heavy atom. The molecule has 7 nitrogen and oxygen atoms in total. The van der Waals surface area contributed by atoms with E-state index in [2.05, 4.69) is 26.5 Å². The lowest BCUT2D eigenvalue weighted by Crippen LogP contribution is -2.32. The zero-order valence-electron chi connectivity index (χ0n) is 14.0. The molecule has 0 bridgehead atoms. The Kier molecular flexibility index (Phi) is 5.15. The van der Waals surface area contributed by atoms with Gasteiger partial charge in [-0.1, -0.05) is 12.0 Å². The second-order valence-corrected chi connectivity index (χ2v) is 6.03. The van der Waals surface area contributed by atoms with Crippen LogP contribution in [-0.4, -0.2) is 28.3 Å². The van der Waals surface area contributed by atoms with Gasteiger partial charge >= 0.3 is 0 Å². The fourth-order valence-corrected chi connectivity index (χ4v) is 2.67. The average Bonchev–Trinajstić information content (AvgIpc) is 2.65. The zero-order valence-corrected chi connectivity index (χ0v) is 14.8. The molecule has 134 valence electrons. The van der Waals surface area contributed by atoms with E-state index in [1.165, 1.54) is 18.2 Å². The van der Waals surface area contributed by atoms with Crippen molar-refractivity contribution in [2.24, 2.45) is 0 Å². The summed E-state index contributed by atoms with van der Waals surface area (Å²) in [6.45, 7) is -0.220. The molecule has 0 fully saturated rings. The number of benzene rings is 2. The van der Waals surface area contributed by atoms with Gasteiger partial charge in [-0.25, -0.2) is 0 Å². The molecule has 3 rings (SSSR count). The highest BCUT2D eigenvalue weighted by Gasteiger charge is 2.10. The van der Waals surface area contributed by atoms with E-state index in [0.29, 0.717) is 27.7 Å². The first kappa shape index (κ1) is 18.1. The van der Waals surface area contributed by atoms with Gasteiger partial charge in [-0.05, 0) is 48.6 Å². The molecule has 4 N–H and O–H groups in total. The molecule has 1 aromatic heterocycles. The first-order chi connectivity index (χ1) is 13.0. The summed E-state index contributed by atoms with van der Waals surface area (Å²) in [6.07, 6.45) is 5.32. The Labute approximate surface area is 158 Å². The van der Waals surface area contributed by atoms with E-state index in [9.17, 15) is 14.4 Å². The first-order valence-corrected chi connectivity index (χ1v) is 8.28. The Hall–Kier alpha value is -3.70. The number of hydrogen-bond acceptors (Lipinski definition) is 4.